The first-order valence-corrected chi connectivity index (χ1v) is 5.62. The first kappa shape index (κ1) is 10.7. The molecule has 82 valence electrons. The van der Waals surface area contributed by atoms with Gasteiger partial charge >= 0.3 is 0 Å². The van der Waals surface area contributed by atoms with Crippen molar-refractivity contribution in [1.82, 2.24) is 0 Å². The van der Waals surface area contributed by atoms with Crippen molar-refractivity contribution in [2.75, 3.05) is 0 Å². The van der Waals surface area contributed by atoms with Gasteiger partial charge in [-0.15, -0.1) is 0 Å². The second-order valence-corrected chi connectivity index (χ2v) is 5.78. The van der Waals surface area contributed by atoms with Gasteiger partial charge in [0.05, 0.1) is 6.10 Å². The summed E-state index contributed by atoms with van der Waals surface area (Å²) in [5.41, 5.74) is 1.52. The lowest BCUT2D eigenvalue weighted by atomic mass is 10.00. The van der Waals surface area contributed by atoms with Crippen molar-refractivity contribution in [3.05, 3.63) is 35.9 Å². The zero-order valence-corrected chi connectivity index (χ0v) is 9.99. The predicted molar refractivity (Wildman–Crippen MR) is 62.5 cm³/mol. The topological polar surface area (TPSA) is 20.2 Å². The van der Waals surface area contributed by atoms with E-state index in [0.29, 0.717) is 5.92 Å². The standard InChI is InChI=1S/C14H20O/c1-13(2)12(14(13,3)4)11(15)10-8-6-5-7-9-10/h5-9,11-12,15H,1-4H3. The molecule has 15 heavy (non-hydrogen) atoms. The third-order valence-electron chi connectivity index (χ3n) is 4.59. The summed E-state index contributed by atoms with van der Waals surface area (Å²) in [6, 6.07) is 9.98. The molecule has 1 aliphatic rings. The van der Waals surface area contributed by atoms with Crippen LogP contribution in [-0.2, 0) is 0 Å². The number of aliphatic hydroxyl groups is 1. The van der Waals surface area contributed by atoms with Crippen LogP contribution in [0, 0.1) is 16.7 Å². The summed E-state index contributed by atoms with van der Waals surface area (Å²) in [5.74, 6) is 0.368. The molecule has 1 fully saturated rings. The molecule has 1 unspecified atom stereocenters. The maximum atomic E-state index is 10.3. The quantitative estimate of drug-likeness (QED) is 0.782. The Kier molecular flexibility index (Phi) is 2.20. The average Bonchev–Trinajstić information content (AvgIpc) is 2.58. The zero-order valence-electron chi connectivity index (χ0n) is 9.99. The van der Waals surface area contributed by atoms with Crippen molar-refractivity contribution in [1.29, 1.82) is 0 Å². The smallest absolute Gasteiger partial charge is 0.0828 e. The van der Waals surface area contributed by atoms with Gasteiger partial charge in [0.1, 0.15) is 0 Å². The van der Waals surface area contributed by atoms with Crippen LogP contribution in [0.2, 0.25) is 0 Å². The van der Waals surface area contributed by atoms with Crippen molar-refractivity contribution < 1.29 is 5.11 Å². The molecule has 1 N–H and O–H groups in total. The summed E-state index contributed by atoms with van der Waals surface area (Å²) in [6.07, 6.45) is -0.323. The highest BCUT2D eigenvalue weighted by Gasteiger charge is 2.67. The van der Waals surface area contributed by atoms with E-state index in [2.05, 4.69) is 27.7 Å². The molecule has 0 aliphatic heterocycles. The molecule has 0 aromatic heterocycles. The largest absolute Gasteiger partial charge is 0.388 e. The maximum Gasteiger partial charge on any atom is 0.0828 e. The van der Waals surface area contributed by atoms with Gasteiger partial charge < -0.3 is 5.11 Å². The van der Waals surface area contributed by atoms with E-state index in [4.69, 9.17) is 0 Å². The SMILES string of the molecule is CC1(C)C(C(O)c2ccccc2)C1(C)C. The average molecular weight is 204 g/mol. The summed E-state index contributed by atoms with van der Waals surface area (Å²) in [4.78, 5) is 0. The van der Waals surface area contributed by atoms with E-state index in [-0.39, 0.29) is 16.9 Å². The Balaban J connectivity index is 2.22. The van der Waals surface area contributed by atoms with Gasteiger partial charge in [-0.2, -0.15) is 0 Å². The lowest BCUT2D eigenvalue weighted by Crippen LogP contribution is -2.05. The lowest BCUT2D eigenvalue weighted by molar-refractivity contribution is 0.131. The maximum absolute atomic E-state index is 10.3. The van der Waals surface area contributed by atoms with Crippen molar-refractivity contribution in [2.45, 2.75) is 33.8 Å². The Bertz CT molecular complexity index is 337. The molecule has 1 atom stereocenters. The van der Waals surface area contributed by atoms with Crippen molar-refractivity contribution in [3.8, 4) is 0 Å². The fraction of sp³-hybridized carbons (Fsp3) is 0.571. The van der Waals surface area contributed by atoms with E-state index in [1.807, 2.05) is 30.3 Å². The molecule has 1 aromatic rings. The van der Waals surface area contributed by atoms with Crippen LogP contribution in [0.15, 0.2) is 30.3 Å². The van der Waals surface area contributed by atoms with Crippen LogP contribution in [0.4, 0.5) is 0 Å². The molecule has 0 spiro atoms. The van der Waals surface area contributed by atoms with Crippen molar-refractivity contribution >= 4 is 0 Å². The summed E-state index contributed by atoms with van der Waals surface area (Å²) >= 11 is 0. The fourth-order valence-corrected chi connectivity index (χ4v) is 2.88. The van der Waals surface area contributed by atoms with Crippen LogP contribution >= 0.6 is 0 Å². The van der Waals surface area contributed by atoms with Gasteiger partial charge in [0, 0.05) is 5.92 Å². The number of aliphatic hydroxyl groups excluding tert-OH is 1. The van der Waals surface area contributed by atoms with Crippen LogP contribution in [0.1, 0.15) is 39.4 Å². The molecule has 2 rings (SSSR count). The van der Waals surface area contributed by atoms with Crippen LogP contribution < -0.4 is 0 Å². The van der Waals surface area contributed by atoms with Crippen molar-refractivity contribution in [2.24, 2.45) is 16.7 Å². The van der Waals surface area contributed by atoms with Crippen LogP contribution in [0.3, 0.4) is 0 Å². The van der Waals surface area contributed by atoms with Crippen LogP contribution in [-0.4, -0.2) is 5.11 Å². The number of benzene rings is 1. The third-order valence-corrected chi connectivity index (χ3v) is 4.59. The highest BCUT2D eigenvalue weighted by Crippen LogP contribution is 2.72. The van der Waals surface area contributed by atoms with E-state index in [1.54, 1.807) is 0 Å². The molecule has 0 heterocycles. The summed E-state index contributed by atoms with van der Waals surface area (Å²) in [7, 11) is 0. The molecular weight excluding hydrogens is 184 g/mol. The first-order chi connectivity index (χ1) is 6.89. The Hall–Kier alpha value is -0.820. The fourth-order valence-electron chi connectivity index (χ4n) is 2.88. The molecule has 0 saturated heterocycles. The second kappa shape index (κ2) is 3.08. The highest BCUT2D eigenvalue weighted by atomic mass is 16.3. The van der Waals surface area contributed by atoms with Crippen LogP contribution in [0.5, 0.6) is 0 Å². The van der Waals surface area contributed by atoms with Gasteiger partial charge in [0.15, 0.2) is 0 Å². The van der Waals surface area contributed by atoms with E-state index < -0.39 is 0 Å². The summed E-state index contributed by atoms with van der Waals surface area (Å²) in [6.45, 7) is 8.96. The number of rotatable bonds is 2. The molecular formula is C14H20O. The summed E-state index contributed by atoms with van der Waals surface area (Å²) in [5, 5.41) is 10.3. The molecule has 1 nitrogen and oxygen atoms in total. The predicted octanol–water partition coefficient (Wildman–Crippen LogP) is 3.40. The van der Waals surface area contributed by atoms with E-state index in [1.165, 1.54) is 0 Å². The van der Waals surface area contributed by atoms with Gasteiger partial charge in [-0.1, -0.05) is 58.0 Å². The number of hydrogen-bond acceptors (Lipinski definition) is 1. The van der Waals surface area contributed by atoms with Gasteiger partial charge in [-0.05, 0) is 16.4 Å². The molecule has 1 saturated carbocycles. The monoisotopic (exact) mass is 204 g/mol. The molecule has 0 bridgehead atoms. The molecule has 0 radical (unpaired) electrons. The Morgan fingerprint density at radius 2 is 1.47 bits per heavy atom. The van der Waals surface area contributed by atoms with Crippen LogP contribution in [0.25, 0.3) is 0 Å². The molecule has 1 aliphatic carbocycles. The Morgan fingerprint density at radius 1 is 1.00 bits per heavy atom. The van der Waals surface area contributed by atoms with Gasteiger partial charge in [0.2, 0.25) is 0 Å². The molecule has 1 aromatic carbocycles. The highest BCUT2D eigenvalue weighted by molar-refractivity contribution is 5.25. The normalized spacial score (nSPS) is 24.9. The summed E-state index contributed by atoms with van der Waals surface area (Å²) < 4.78 is 0. The molecule has 1 heteroatoms. The van der Waals surface area contributed by atoms with E-state index in [0.717, 1.165) is 5.56 Å². The van der Waals surface area contributed by atoms with Gasteiger partial charge in [-0.25, -0.2) is 0 Å². The minimum absolute atomic E-state index is 0.238. The minimum Gasteiger partial charge on any atom is -0.388 e. The first-order valence-electron chi connectivity index (χ1n) is 5.62. The second-order valence-electron chi connectivity index (χ2n) is 5.78. The minimum atomic E-state index is -0.323. The van der Waals surface area contributed by atoms with Gasteiger partial charge in [-0.3, -0.25) is 0 Å². The third kappa shape index (κ3) is 1.41. The number of hydrogen-bond donors (Lipinski definition) is 1. The van der Waals surface area contributed by atoms with E-state index in [9.17, 15) is 5.11 Å². The Morgan fingerprint density at radius 3 is 1.87 bits per heavy atom. The van der Waals surface area contributed by atoms with Gasteiger partial charge in [0.25, 0.3) is 0 Å². The van der Waals surface area contributed by atoms with Crippen molar-refractivity contribution in [3.63, 3.8) is 0 Å². The lowest BCUT2D eigenvalue weighted by Gasteiger charge is -2.12. The Labute approximate surface area is 92.1 Å². The molecule has 0 amide bonds. The zero-order chi connectivity index (χ0) is 11.3. The van der Waals surface area contributed by atoms with E-state index >= 15 is 0 Å².